The highest BCUT2D eigenvalue weighted by molar-refractivity contribution is 5.78. The summed E-state index contributed by atoms with van der Waals surface area (Å²) in [6.45, 7) is 9.30. The number of carbonyl (C=O) groups is 1. The normalized spacial score (nSPS) is 16.1. The lowest BCUT2D eigenvalue weighted by Crippen LogP contribution is -2.38. The highest BCUT2D eigenvalue weighted by Gasteiger charge is 2.32. The van der Waals surface area contributed by atoms with E-state index in [2.05, 4.69) is 13.8 Å². The Hall–Kier alpha value is -0.570. The molecule has 0 spiro atoms. The average molecular weight is 213 g/mol. The van der Waals surface area contributed by atoms with Crippen molar-refractivity contribution >= 4 is 5.91 Å². The molecule has 1 aliphatic rings. The molecule has 1 aliphatic carbocycles. The quantitative estimate of drug-likeness (QED) is 0.676. The number of ether oxygens (including phenoxy) is 1. The Morgan fingerprint density at radius 3 is 2.33 bits per heavy atom. The van der Waals surface area contributed by atoms with Crippen LogP contribution in [0.15, 0.2) is 0 Å². The van der Waals surface area contributed by atoms with Gasteiger partial charge in [0.2, 0.25) is 5.91 Å². The molecule has 0 N–H and O–H groups in total. The first-order chi connectivity index (χ1) is 7.00. The van der Waals surface area contributed by atoms with Crippen LogP contribution in [0.5, 0.6) is 0 Å². The molecule has 1 saturated carbocycles. The molecule has 88 valence electrons. The Morgan fingerprint density at radius 1 is 1.33 bits per heavy atom. The molecule has 3 nitrogen and oxygen atoms in total. The highest BCUT2D eigenvalue weighted by atomic mass is 16.5. The van der Waals surface area contributed by atoms with Crippen LogP contribution in [0.4, 0.5) is 0 Å². The fourth-order valence-corrected chi connectivity index (χ4v) is 1.55. The molecule has 0 saturated heterocycles. The molecule has 0 bridgehead atoms. The lowest BCUT2D eigenvalue weighted by molar-refractivity contribution is -0.138. The summed E-state index contributed by atoms with van der Waals surface area (Å²) in [5, 5.41) is 0. The number of hydrogen-bond donors (Lipinski definition) is 0. The molecule has 1 amide bonds. The van der Waals surface area contributed by atoms with Gasteiger partial charge in [0, 0.05) is 12.6 Å². The van der Waals surface area contributed by atoms with Crippen LogP contribution in [0.3, 0.4) is 0 Å². The van der Waals surface area contributed by atoms with Crippen molar-refractivity contribution in [2.24, 2.45) is 5.92 Å². The number of carbonyl (C=O) groups excluding carboxylic acids is 1. The van der Waals surface area contributed by atoms with Crippen LogP contribution >= 0.6 is 0 Å². The van der Waals surface area contributed by atoms with Gasteiger partial charge in [0.25, 0.3) is 0 Å². The van der Waals surface area contributed by atoms with Crippen molar-refractivity contribution in [3.8, 4) is 0 Å². The van der Waals surface area contributed by atoms with Crippen molar-refractivity contribution in [1.82, 2.24) is 4.90 Å². The van der Waals surface area contributed by atoms with Crippen molar-refractivity contribution in [2.45, 2.75) is 52.7 Å². The van der Waals surface area contributed by atoms with Gasteiger partial charge in [-0.05, 0) is 32.6 Å². The number of nitrogens with zero attached hydrogens (tertiary/aromatic N) is 1. The third kappa shape index (κ3) is 4.65. The van der Waals surface area contributed by atoms with Crippen molar-refractivity contribution < 1.29 is 9.53 Å². The summed E-state index contributed by atoms with van der Waals surface area (Å²) in [4.78, 5) is 13.9. The predicted octanol–water partition coefficient (Wildman–Crippen LogP) is 2.06. The van der Waals surface area contributed by atoms with Gasteiger partial charge < -0.3 is 9.64 Å². The van der Waals surface area contributed by atoms with Gasteiger partial charge in [0.15, 0.2) is 0 Å². The van der Waals surface area contributed by atoms with E-state index >= 15 is 0 Å². The highest BCUT2D eigenvalue weighted by Crippen LogP contribution is 2.27. The zero-order chi connectivity index (χ0) is 11.4. The van der Waals surface area contributed by atoms with Crippen molar-refractivity contribution in [1.29, 1.82) is 0 Å². The van der Waals surface area contributed by atoms with E-state index in [4.69, 9.17) is 4.74 Å². The molecule has 0 radical (unpaired) electrons. The second-order valence-corrected chi connectivity index (χ2v) is 5.03. The van der Waals surface area contributed by atoms with Crippen LogP contribution in [0.1, 0.15) is 40.5 Å². The SMILES string of the molecule is CC(C)CN(C(=O)COC(C)C)C1CC1. The van der Waals surface area contributed by atoms with Crippen LogP contribution in [-0.4, -0.2) is 36.1 Å². The van der Waals surface area contributed by atoms with E-state index in [9.17, 15) is 4.79 Å². The van der Waals surface area contributed by atoms with Crippen molar-refractivity contribution in [3.63, 3.8) is 0 Å². The maximum atomic E-state index is 11.9. The summed E-state index contributed by atoms with van der Waals surface area (Å²) in [6.07, 6.45) is 2.47. The summed E-state index contributed by atoms with van der Waals surface area (Å²) in [5.41, 5.74) is 0. The molecule has 0 aromatic heterocycles. The fraction of sp³-hybridized carbons (Fsp3) is 0.917. The van der Waals surface area contributed by atoms with E-state index in [-0.39, 0.29) is 18.6 Å². The molecule has 0 atom stereocenters. The monoisotopic (exact) mass is 213 g/mol. The van der Waals surface area contributed by atoms with Crippen molar-refractivity contribution in [2.75, 3.05) is 13.2 Å². The molecule has 1 fully saturated rings. The molecule has 15 heavy (non-hydrogen) atoms. The molecule has 1 rings (SSSR count). The number of hydrogen-bond acceptors (Lipinski definition) is 2. The summed E-state index contributed by atoms with van der Waals surface area (Å²) >= 11 is 0. The van der Waals surface area contributed by atoms with Crippen molar-refractivity contribution in [3.05, 3.63) is 0 Å². The van der Waals surface area contributed by atoms with Gasteiger partial charge in [-0.25, -0.2) is 0 Å². The topological polar surface area (TPSA) is 29.5 Å². The second kappa shape index (κ2) is 5.50. The second-order valence-electron chi connectivity index (χ2n) is 5.03. The summed E-state index contributed by atoms with van der Waals surface area (Å²) in [7, 11) is 0. The molecule has 0 unspecified atom stereocenters. The van der Waals surface area contributed by atoms with E-state index in [0.717, 1.165) is 6.54 Å². The molecule has 3 heteroatoms. The minimum Gasteiger partial charge on any atom is -0.369 e. The molecule has 0 aromatic carbocycles. The van der Waals surface area contributed by atoms with Crippen LogP contribution in [0.2, 0.25) is 0 Å². The molecule has 0 aromatic rings. The van der Waals surface area contributed by atoms with Gasteiger partial charge in [0.1, 0.15) is 6.61 Å². The molecular formula is C12H23NO2. The third-order valence-corrected chi connectivity index (χ3v) is 2.41. The van der Waals surface area contributed by atoms with E-state index in [1.54, 1.807) is 0 Å². The lowest BCUT2D eigenvalue weighted by atomic mass is 10.2. The van der Waals surface area contributed by atoms with Crippen LogP contribution in [0, 0.1) is 5.92 Å². The van der Waals surface area contributed by atoms with Crippen LogP contribution in [0.25, 0.3) is 0 Å². The maximum absolute atomic E-state index is 11.9. The maximum Gasteiger partial charge on any atom is 0.248 e. The molecule has 0 heterocycles. The Balaban J connectivity index is 2.37. The van der Waals surface area contributed by atoms with Gasteiger partial charge >= 0.3 is 0 Å². The fourth-order valence-electron chi connectivity index (χ4n) is 1.55. The zero-order valence-corrected chi connectivity index (χ0v) is 10.3. The van der Waals surface area contributed by atoms with E-state index < -0.39 is 0 Å². The van der Waals surface area contributed by atoms with Gasteiger partial charge in [0.05, 0.1) is 6.10 Å². The van der Waals surface area contributed by atoms with E-state index in [1.807, 2.05) is 18.7 Å². The Labute approximate surface area is 92.8 Å². The zero-order valence-electron chi connectivity index (χ0n) is 10.3. The first-order valence-corrected chi connectivity index (χ1v) is 5.91. The smallest absolute Gasteiger partial charge is 0.248 e. The largest absolute Gasteiger partial charge is 0.369 e. The molecule has 0 aliphatic heterocycles. The first kappa shape index (κ1) is 12.5. The van der Waals surface area contributed by atoms with Gasteiger partial charge in [-0.15, -0.1) is 0 Å². The lowest BCUT2D eigenvalue weighted by Gasteiger charge is -2.24. The van der Waals surface area contributed by atoms with Crippen LogP contribution in [-0.2, 0) is 9.53 Å². The third-order valence-electron chi connectivity index (χ3n) is 2.41. The van der Waals surface area contributed by atoms with E-state index in [1.165, 1.54) is 12.8 Å². The minimum absolute atomic E-state index is 0.133. The standard InChI is InChI=1S/C12H23NO2/c1-9(2)7-13(11-5-6-11)12(14)8-15-10(3)4/h9-11H,5-8H2,1-4H3. The Bertz CT molecular complexity index is 210. The Morgan fingerprint density at radius 2 is 1.93 bits per heavy atom. The van der Waals surface area contributed by atoms with Crippen LogP contribution < -0.4 is 0 Å². The number of amides is 1. The van der Waals surface area contributed by atoms with Gasteiger partial charge in [-0.2, -0.15) is 0 Å². The van der Waals surface area contributed by atoms with E-state index in [0.29, 0.717) is 12.0 Å². The van der Waals surface area contributed by atoms with Gasteiger partial charge in [-0.3, -0.25) is 4.79 Å². The molecular weight excluding hydrogens is 190 g/mol. The first-order valence-electron chi connectivity index (χ1n) is 5.91. The summed E-state index contributed by atoms with van der Waals surface area (Å²) in [6, 6.07) is 0.496. The predicted molar refractivity (Wildman–Crippen MR) is 60.7 cm³/mol. The average Bonchev–Trinajstić information content (AvgIpc) is 2.93. The van der Waals surface area contributed by atoms with Gasteiger partial charge in [-0.1, -0.05) is 13.8 Å². The number of rotatable bonds is 6. The Kier molecular flexibility index (Phi) is 4.58. The summed E-state index contributed by atoms with van der Waals surface area (Å²) in [5.74, 6) is 0.688. The minimum atomic E-state index is 0.133. The summed E-state index contributed by atoms with van der Waals surface area (Å²) < 4.78 is 5.35.